The second-order valence-corrected chi connectivity index (χ2v) is 11.2. The maximum absolute atomic E-state index is 13.6. The van der Waals surface area contributed by atoms with Gasteiger partial charge in [0.05, 0.1) is 34.9 Å². The number of aromatic nitrogens is 5. The Labute approximate surface area is 248 Å². The molecule has 0 atom stereocenters. The molecule has 5 aromatic rings. The number of halogens is 1. The highest BCUT2D eigenvalue weighted by molar-refractivity contribution is 5.92. The Morgan fingerprint density at radius 3 is 2.79 bits per heavy atom. The summed E-state index contributed by atoms with van der Waals surface area (Å²) in [7, 11) is 0. The number of aryl methyl sites for hydroxylation is 1. The molecule has 11 heteroatoms. The number of hydrogen-bond donors (Lipinski definition) is 2. The first kappa shape index (κ1) is 27.4. The molecule has 2 N–H and O–H groups in total. The number of hydrogen-bond acceptors (Lipinski definition) is 9. The van der Waals surface area contributed by atoms with Crippen molar-refractivity contribution in [1.29, 1.82) is 0 Å². The first-order chi connectivity index (χ1) is 21.1. The van der Waals surface area contributed by atoms with Gasteiger partial charge in [-0.05, 0) is 85.3 Å². The van der Waals surface area contributed by atoms with E-state index in [1.54, 1.807) is 17.1 Å². The third kappa shape index (κ3) is 6.19. The van der Waals surface area contributed by atoms with Crippen molar-refractivity contribution in [3.63, 3.8) is 0 Å². The number of aliphatic hydroxyl groups is 1. The van der Waals surface area contributed by atoms with Gasteiger partial charge in [0.15, 0.2) is 0 Å². The van der Waals surface area contributed by atoms with Crippen LogP contribution >= 0.6 is 0 Å². The lowest BCUT2D eigenvalue weighted by Gasteiger charge is -2.30. The first-order valence-corrected chi connectivity index (χ1v) is 14.7. The van der Waals surface area contributed by atoms with Crippen LogP contribution in [0.1, 0.15) is 36.1 Å². The van der Waals surface area contributed by atoms with Crippen LogP contribution in [0.2, 0.25) is 0 Å². The number of nitrogens with zero attached hydrogens (tertiary/aromatic N) is 7. The van der Waals surface area contributed by atoms with Crippen LogP contribution in [0.5, 0.6) is 0 Å². The molecule has 0 aliphatic carbocycles. The fourth-order valence-electron chi connectivity index (χ4n) is 5.78. The topological polar surface area (TPSA) is 104 Å². The molecule has 0 saturated carbocycles. The molecule has 2 aromatic heterocycles. The molecule has 10 nitrogen and oxygen atoms in total. The summed E-state index contributed by atoms with van der Waals surface area (Å²) in [4.78, 5) is 17.4. The van der Waals surface area contributed by atoms with E-state index in [0.717, 1.165) is 84.5 Å². The summed E-state index contributed by atoms with van der Waals surface area (Å²) in [5.74, 6) is 0.440. The Kier molecular flexibility index (Phi) is 7.67. The van der Waals surface area contributed by atoms with Crippen molar-refractivity contribution in [2.24, 2.45) is 0 Å². The van der Waals surface area contributed by atoms with Gasteiger partial charge < -0.3 is 10.4 Å². The fourth-order valence-corrected chi connectivity index (χ4v) is 5.78. The number of anilines is 3. The van der Waals surface area contributed by atoms with E-state index in [4.69, 9.17) is 4.84 Å². The molecule has 4 heterocycles. The van der Waals surface area contributed by atoms with E-state index in [1.165, 1.54) is 17.7 Å². The van der Waals surface area contributed by atoms with E-state index in [9.17, 15) is 9.50 Å². The number of rotatable bonds is 8. The van der Waals surface area contributed by atoms with E-state index < -0.39 is 0 Å². The van der Waals surface area contributed by atoms with E-state index in [0.29, 0.717) is 19.0 Å². The van der Waals surface area contributed by atoms with Crippen LogP contribution < -0.4 is 10.4 Å². The van der Waals surface area contributed by atoms with Gasteiger partial charge in [-0.25, -0.2) is 19.0 Å². The smallest absolute Gasteiger partial charge is 0.141 e. The number of nitrogens with one attached hydrogen (secondary N) is 1. The second-order valence-electron chi connectivity index (χ2n) is 11.2. The van der Waals surface area contributed by atoms with Crippen molar-refractivity contribution >= 4 is 28.1 Å². The molecule has 1 fully saturated rings. The molecule has 1 saturated heterocycles. The van der Waals surface area contributed by atoms with Crippen LogP contribution in [0, 0.1) is 5.82 Å². The number of hydroxylamine groups is 1. The van der Waals surface area contributed by atoms with Crippen LogP contribution in [0.25, 0.3) is 16.6 Å². The molecule has 0 bridgehead atoms. The summed E-state index contributed by atoms with van der Waals surface area (Å²) in [5.41, 5.74) is 6.50. The van der Waals surface area contributed by atoms with E-state index in [1.807, 2.05) is 41.6 Å². The predicted molar refractivity (Wildman–Crippen MR) is 162 cm³/mol. The SMILES string of the molecule is OC1CCN(Cc2cn(-c3ccc4ncnc(Nc5ccc6c(c5)CCCN6OCc5cccc(F)c5)c4c3)nn2)CC1. The molecule has 0 amide bonds. The minimum atomic E-state index is -0.263. The zero-order valence-corrected chi connectivity index (χ0v) is 23.7. The van der Waals surface area contributed by atoms with Crippen molar-refractivity contribution in [1.82, 2.24) is 29.9 Å². The van der Waals surface area contributed by atoms with E-state index in [-0.39, 0.29) is 11.9 Å². The zero-order chi connectivity index (χ0) is 29.2. The van der Waals surface area contributed by atoms with Gasteiger partial charge in [0, 0.05) is 37.3 Å². The van der Waals surface area contributed by atoms with Crippen molar-refractivity contribution in [3.8, 4) is 5.69 Å². The second kappa shape index (κ2) is 12.0. The summed E-state index contributed by atoms with van der Waals surface area (Å²) < 4.78 is 15.4. The molecule has 0 unspecified atom stereocenters. The average molecular weight is 581 g/mol. The Balaban J connectivity index is 1.08. The monoisotopic (exact) mass is 580 g/mol. The van der Waals surface area contributed by atoms with Gasteiger partial charge in [0.1, 0.15) is 24.6 Å². The molecular formula is C32H33FN8O2. The lowest BCUT2D eigenvalue weighted by atomic mass is 10.0. The summed E-state index contributed by atoms with van der Waals surface area (Å²) in [6.45, 7) is 3.52. The van der Waals surface area contributed by atoms with Gasteiger partial charge in [-0.1, -0.05) is 17.3 Å². The van der Waals surface area contributed by atoms with E-state index in [2.05, 4.69) is 42.6 Å². The molecular weight excluding hydrogens is 547 g/mol. The maximum Gasteiger partial charge on any atom is 0.141 e. The molecule has 0 radical (unpaired) electrons. The normalized spacial score (nSPS) is 16.0. The number of likely N-dealkylation sites (tertiary alicyclic amines) is 1. The Morgan fingerprint density at radius 2 is 1.91 bits per heavy atom. The zero-order valence-electron chi connectivity index (χ0n) is 23.7. The summed E-state index contributed by atoms with van der Waals surface area (Å²) in [6, 6.07) is 18.7. The standard InChI is InChI=1S/C32H33FN8O2/c33-24-5-1-3-22(15-24)20-43-41-12-2-4-23-16-25(6-9-31(23)41)36-32-29-17-27(7-8-30(29)34-21-35-32)40-19-26(37-38-40)18-39-13-10-28(42)11-14-39/h1,3,5-9,15-17,19,21,28,42H,2,4,10-14,18,20H2,(H,34,35,36). The minimum absolute atomic E-state index is 0.197. The van der Waals surface area contributed by atoms with Crippen molar-refractivity contribution in [3.05, 3.63) is 95.8 Å². The Hall–Kier alpha value is -4.45. The molecule has 0 spiro atoms. The number of fused-ring (bicyclic) bond motifs is 2. The highest BCUT2D eigenvalue weighted by Crippen LogP contribution is 2.32. The predicted octanol–water partition coefficient (Wildman–Crippen LogP) is 4.93. The van der Waals surface area contributed by atoms with Crippen LogP contribution in [0.15, 0.2) is 73.2 Å². The molecule has 3 aromatic carbocycles. The van der Waals surface area contributed by atoms with E-state index >= 15 is 0 Å². The number of benzene rings is 3. The summed E-state index contributed by atoms with van der Waals surface area (Å²) >= 11 is 0. The molecule has 43 heavy (non-hydrogen) atoms. The third-order valence-electron chi connectivity index (χ3n) is 8.06. The Morgan fingerprint density at radius 1 is 1.00 bits per heavy atom. The number of piperidine rings is 1. The van der Waals surface area contributed by atoms with Crippen LogP contribution in [0.4, 0.5) is 21.6 Å². The molecule has 2 aliphatic heterocycles. The van der Waals surface area contributed by atoms with Crippen molar-refractivity contribution in [2.75, 3.05) is 30.0 Å². The molecule has 2 aliphatic rings. The van der Waals surface area contributed by atoms with Crippen molar-refractivity contribution in [2.45, 2.75) is 44.9 Å². The molecule has 220 valence electrons. The highest BCUT2D eigenvalue weighted by Gasteiger charge is 2.20. The lowest BCUT2D eigenvalue weighted by Crippen LogP contribution is -2.35. The number of aliphatic hydroxyl groups excluding tert-OH is 1. The van der Waals surface area contributed by atoms with Gasteiger partial charge in [0.2, 0.25) is 0 Å². The van der Waals surface area contributed by atoms with Crippen LogP contribution in [0.3, 0.4) is 0 Å². The summed E-state index contributed by atoms with van der Waals surface area (Å²) in [5, 5.41) is 24.8. The largest absolute Gasteiger partial charge is 0.393 e. The Bertz CT molecular complexity index is 1740. The van der Waals surface area contributed by atoms with Gasteiger partial charge in [-0.15, -0.1) is 5.10 Å². The minimum Gasteiger partial charge on any atom is -0.393 e. The summed E-state index contributed by atoms with van der Waals surface area (Å²) in [6.07, 6.45) is 6.80. The first-order valence-electron chi connectivity index (χ1n) is 14.7. The quantitative estimate of drug-likeness (QED) is 0.264. The average Bonchev–Trinajstić information content (AvgIpc) is 3.49. The van der Waals surface area contributed by atoms with Gasteiger partial charge in [0.25, 0.3) is 0 Å². The third-order valence-corrected chi connectivity index (χ3v) is 8.06. The van der Waals surface area contributed by atoms with Gasteiger partial charge in [-0.3, -0.25) is 14.8 Å². The van der Waals surface area contributed by atoms with Gasteiger partial charge >= 0.3 is 0 Å². The lowest BCUT2D eigenvalue weighted by molar-refractivity contribution is 0.0786. The fraction of sp³-hybridized carbons (Fsp3) is 0.312. The van der Waals surface area contributed by atoms with Crippen LogP contribution in [-0.4, -0.2) is 60.7 Å². The molecule has 7 rings (SSSR count). The maximum atomic E-state index is 13.6. The van der Waals surface area contributed by atoms with Crippen LogP contribution in [-0.2, 0) is 24.4 Å². The van der Waals surface area contributed by atoms with Gasteiger partial charge in [-0.2, -0.15) is 0 Å². The highest BCUT2D eigenvalue weighted by atomic mass is 19.1. The van der Waals surface area contributed by atoms with Crippen molar-refractivity contribution < 1.29 is 14.3 Å².